The van der Waals surface area contributed by atoms with Gasteiger partial charge in [0.05, 0.1) is 4.90 Å². The summed E-state index contributed by atoms with van der Waals surface area (Å²) in [6, 6.07) is 15.2. The molecule has 92 valence electrons. The minimum Gasteiger partial charge on any atom is -0.428 e. The van der Waals surface area contributed by atoms with Gasteiger partial charge >= 0.3 is 0 Å². The van der Waals surface area contributed by atoms with Crippen molar-refractivity contribution in [1.29, 1.82) is 0 Å². The molecule has 4 heteroatoms. The summed E-state index contributed by atoms with van der Waals surface area (Å²) < 4.78 is 4.92. The van der Waals surface area contributed by atoms with Crippen LogP contribution in [0.4, 0.5) is 0 Å². The summed E-state index contributed by atoms with van der Waals surface area (Å²) in [5.41, 5.74) is 1.13. The Bertz CT molecular complexity index is 543. The van der Waals surface area contributed by atoms with Crippen LogP contribution in [0.3, 0.4) is 0 Å². The highest BCUT2D eigenvalue weighted by Gasteiger charge is 2.04. The Morgan fingerprint density at radius 2 is 2.00 bits per heavy atom. The topological polar surface area (TPSA) is 26.3 Å². The molecule has 2 nitrogen and oxygen atoms in total. The summed E-state index contributed by atoms with van der Waals surface area (Å²) in [7, 11) is 0. The highest BCUT2D eigenvalue weighted by atomic mass is 35.5. The maximum atomic E-state index is 10.4. The quantitative estimate of drug-likeness (QED) is 0.607. The predicted molar refractivity (Wildman–Crippen MR) is 74.1 cm³/mol. The van der Waals surface area contributed by atoms with Gasteiger partial charge in [0, 0.05) is 10.8 Å². The fraction of sp³-hybridized carbons (Fsp3) is 0.0714. The molecule has 0 heterocycles. The lowest BCUT2D eigenvalue weighted by atomic mass is 10.2. The third kappa shape index (κ3) is 3.52. The third-order valence-electron chi connectivity index (χ3n) is 2.31. The smallest absolute Gasteiger partial charge is 0.298 e. The van der Waals surface area contributed by atoms with Gasteiger partial charge in [-0.2, -0.15) is 0 Å². The van der Waals surface area contributed by atoms with E-state index in [2.05, 4.69) is 0 Å². The first kappa shape index (κ1) is 13.0. The van der Waals surface area contributed by atoms with E-state index < -0.39 is 0 Å². The molecule has 18 heavy (non-hydrogen) atoms. The summed E-state index contributed by atoms with van der Waals surface area (Å²) in [4.78, 5) is 11.3. The van der Waals surface area contributed by atoms with Crippen LogP contribution in [0.25, 0.3) is 0 Å². The van der Waals surface area contributed by atoms with Gasteiger partial charge in [0.2, 0.25) is 0 Å². The Morgan fingerprint density at radius 3 is 2.78 bits per heavy atom. The van der Waals surface area contributed by atoms with E-state index in [9.17, 15) is 4.79 Å². The normalized spacial score (nSPS) is 10.1. The molecule has 0 amide bonds. The lowest BCUT2D eigenvalue weighted by Gasteiger charge is -2.06. The van der Waals surface area contributed by atoms with Crippen molar-refractivity contribution in [2.75, 3.05) is 0 Å². The number of carbonyl (C=O) groups excluding carboxylic acids is 1. The fourth-order valence-electron chi connectivity index (χ4n) is 1.51. The van der Waals surface area contributed by atoms with Crippen molar-refractivity contribution in [1.82, 2.24) is 0 Å². The summed E-state index contributed by atoms with van der Waals surface area (Å²) in [6.45, 7) is 0.443. The molecular weight excluding hydrogens is 268 g/mol. The zero-order chi connectivity index (χ0) is 12.8. The second kappa shape index (κ2) is 6.47. The standard InChI is InChI=1S/C14H11ClO2S/c15-12-5-3-4-11(8-12)9-18-14-7-2-1-6-13(14)17-10-16/h1-8,10H,9H2. The van der Waals surface area contributed by atoms with Crippen LogP contribution >= 0.6 is 23.4 Å². The average Bonchev–Trinajstić information content (AvgIpc) is 2.38. The molecule has 0 saturated carbocycles. The van der Waals surface area contributed by atoms with Gasteiger partial charge in [-0.3, -0.25) is 4.79 Å². The number of benzene rings is 2. The SMILES string of the molecule is O=COc1ccccc1SCc1cccc(Cl)c1. The van der Waals surface area contributed by atoms with Crippen molar-refractivity contribution in [2.24, 2.45) is 0 Å². The van der Waals surface area contributed by atoms with Gasteiger partial charge in [-0.05, 0) is 29.8 Å². The fourth-order valence-corrected chi connectivity index (χ4v) is 2.65. The predicted octanol–water partition coefficient (Wildman–Crippen LogP) is 4.17. The Labute approximate surface area is 115 Å². The molecule has 0 N–H and O–H groups in total. The average molecular weight is 279 g/mol. The van der Waals surface area contributed by atoms with Gasteiger partial charge in [-0.1, -0.05) is 35.9 Å². The Morgan fingerprint density at radius 1 is 1.17 bits per heavy atom. The molecule has 0 fully saturated rings. The molecule has 2 aromatic rings. The van der Waals surface area contributed by atoms with E-state index in [1.165, 1.54) is 0 Å². The monoisotopic (exact) mass is 278 g/mol. The van der Waals surface area contributed by atoms with E-state index in [-0.39, 0.29) is 0 Å². The van der Waals surface area contributed by atoms with Crippen LogP contribution in [0.15, 0.2) is 53.4 Å². The van der Waals surface area contributed by atoms with Crippen LogP contribution in [0.2, 0.25) is 5.02 Å². The van der Waals surface area contributed by atoms with Crippen LogP contribution in [-0.2, 0) is 10.5 Å². The van der Waals surface area contributed by atoms with Gasteiger partial charge in [0.1, 0.15) is 5.75 Å². The highest BCUT2D eigenvalue weighted by molar-refractivity contribution is 7.98. The first-order valence-electron chi connectivity index (χ1n) is 5.36. The lowest BCUT2D eigenvalue weighted by Crippen LogP contribution is -1.90. The second-order valence-corrected chi connectivity index (χ2v) is 5.03. The van der Waals surface area contributed by atoms with E-state index in [4.69, 9.17) is 16.3 Å². The lowest BCUT2D eigenvalue weighted by molar-refractivity contribution is -0.120. The van der Waals surface area contributed by atoms with E-state index in [0.717, 1.165) is 21.2 Å². The molecule has 0 aromatic heterocycles. The Kier molecular flexibility index (Phi) is 4.67. The van der Waals surface area contributed by atoms with Crippen LogP contribution in [-0.4, -0.2) is 6.47 Å². The molecule has 0 atom stereocenters. The Hall–Kier alpha value is -1.45. The summed E-state index contributed by atoms with van der Waals surface area (Å²) >= 11 is 7.53. The first-order chi connectivity index (χ1) is 8.79. The number of hydrogen-bond acceptors (Lipinski definition) is 3. The van der Waals surface area contributed by atoms with Crippen molar-refractivity contribution in [3.63, 3.8) is 0 Å². The highest BCUT2D eigenvalue weighted by Crippen LogP contribution is 2.31. The molecule has 0 unspecified atom stereocenters. The molecule has 2 rings (SSSR count). The molecule has 0 aliphatic heterocycles. The number of carbonyl (C=O) groups is 1. The molecule has 2 aromatic carbocycles. The van der Waals surface area contributed by atoms with Crippen molar-refractivity contribution in [3.05, 3.63) is 59.1 Å². The molecule has 0 aliphatic carbocycles. The molecular formula is C14H11ClO2S. The maximum absolute atomic E-state index is 10.4. The summed E-state index contributed by atoms with van der Waals surface area (Å²) in [6.07, 6.45) is 0. The van der Waals surface area contributed by atoms with Crippen LogP contribution in [0.1, 0.15) is 5.56 Å². The number of ether oxygens (including phenoxy) is 1. The third-order valence-corrected chi connectivity index (χ3v) is 3.67. The van der Waals surface area contributed by atoms with Crippen LogP contribution in [0.5, 0.6) is 5.75 Å². The molecule has 0 radical (unpaired) electrons. The van der Waals surface area contributed by atoms with Crippen molar-refractivity contribution in [3.8, 4) is 5.75 Å². The molecule has 0 saturated heterocycles. The zero-order valence-electron chi connectivity index (χ0n) is 9.51. The van der Waals surface area contributed by atoms with E-state index in [1.54, 1.807) is 17.8 Å². The van der Waals surface area contributed by atoms with Gasteiger partial charge in [0.15, 0.2) is 0 Å². The van der Waals surface area contributed by atoms with E-state index >= 15 is 0 Å². The molecule has 0 bridgehead atoms. The van der Waals surface area contributed by atoms with Gasteiger partial charge in [-0.15, -0.1) is 11.8 Å². The molecule has 0 aliphatic rings. The summed E-state index contributed by atoms with van der Waals surface area (Å²) in [5, 5.41) is 0.727. The largest absolute Gasteiger partial charge is 0.428 e. The van der Waals surface area contributed by atoms with Crippen molar-refractivity contribution < 1.29 is 9.53 Å². The first-order valence-corrected chi connectivity index (χ1v) is 6.72. The number of thioether (sulfide) groups is 1. The van der Waals surface area contributed by atoms with E-state index in [1.807, 2.05) is 42.5 Å². The minimum absolute atomic E-state index is 0.443. The number of hydrogen-bond donors (Lipinski definition) is 0. The van der Waals surface area contributed by atoms with Gasteiger partial charge in [0.25, 0.3) is 6.47 Å². The second-order valence-electron chi connectivity index (χ2n) is 3.58. The number of rotatable bonds is 5. The number of para-hydroxylation sites is 1. The van der Waals surface area contributed by atoms with Crippen LogP contribution < -0.4 is 4.74 Å². The minimum atomic E-state index is 0.443. The summed E-state index contributed by atoms with van der Waals surface area (Å²) in [5.74, 6) is 1.36. The van der Waals surface area contributed by atoms with Gasteiger partial charge in [-0.25, -0.2) is 0 Å². The van der Waals surface area contributed by atoms with E-state index in [0.29, 0.717) is 12.2 Å². The zero-order valence-corrected chi connectivity index (χ0v) is 11.1. The number of halogens is 1. The maximum Gasteiger partial charge on any atom is 0.298 e. The molecule has 0 spiro atoms. The van der Waals surface area contributed by atoms with Crippen molar-refractivity contribution >= 4 is 29.8 Å². The van der Waals surface area contributed by atoms with Gasteiger partial charge < -0.3 is 4.74 Å². The van der Waals surface area contributed by atoms with Crippen LogP contribution in [0, 0.1) is 0 Å². The van der Waals surface area contributed by atoms with Crippen molar-refractivity contribution in [2.45, 2.75) is 10.6 Å². The Balaban J connectivity index is 2.08.